The van der Waals surface area contributed by atoms with E-state index < -0.39 is 0 Å². The van der Waals surface area contributed by atoms with Gasteiger partial charge < -0.3 is 14.2 Å². The standard InChI is InChI=1S/C19H22N2O4/c1-14-7-4-5-9-16(14)25-12-11-18(22)21-20-13-15-8-6-10-17(23-2)19(15)24-3/h4-10,13H,11-12H2,1-3H3,(H,21,22)/b20-13+. The van der Waals surface area contributed by atoms with Gasteiger partial charge in [-0.2, -0.15) is 5.10 Å². The number of nitrogens with zero attached hydrogens (tertiary/aromatic N) is 1. The number of para-hydroxylation sites is 2. The first-order chi connectivity index (χ1) is 12.2. The van der Waals surface area contributed by atoms with E-state index in [0.717, 1.165) is 11.3 Å². The van der Waals surface area contributed by atoms with Crippen LogP contribution >= 0.6 is 0 Å². The molecule has 6 heteroatoms. The maximum Gasteiger partial charge on any atom is 0.243 e. The topological polar surface area (TPSA) is 69.2 Å². The van der Waals surface area contributed by atoms with Gasteiger partial charge in [0.15, 0.2) is 11.5 Å². The van der Waals surface area contributed by atoms with E-state index in [2.05, 4.69) is 10.5 Å². The van der Waals surface area contributed by atoms with Gasteiger partial charge in [0.2, 0.25) is 5.91 Å². The van der Waals surface area contributed by atoms with Crippen LogP contribution in [0.1, 0.15) is 17.5 Å². The molecule has 0 aliphatic carbocycles. The number of hydrogen-bond donors (Lipinski definition) is 1. The highest BCUT2D eigenvalue weighted by Gasteiger charge is 2.07. The van der Waals surface area contributed by atoms with Gasteiger partial charge in [-0.3, -0.25) is 4.79 Å². The first-order valence-electron chi connectivity index (χ1n) is 7.87. The zero-order chi connectivity index (χ0) is 18.1. The van der Waals surface area contributed by atoms with Crippen molar-refractivity contribution in [3.63, 3.8) is 0 Å². The first kappa shape index (κ1) is 18.3. The fourth-order valence-corrected chi connectivity index (χ4v) is 2.22. The van der Waals surface area contributed by atoms with Crippen molar-refractivity contribution in [1.29, 1.82) is 0 Å². The van der Waals surface area contributed by atoms with Gasteiger partial charge in [-0.05, 0) is 30.7 Å². The van der Waals surface area contributed by atoms with Crippen molar-refractivity contribution in [2.24, 2.45) is 5.10 Å². The number of hydrogen-bond acceptors (Lipinski definition) is 5. The Bertz CT molecular complexity index is 744. The molecule has 0 aliphatic rings. The lowest BCUT2D eigenvalue weighted by molar-refractivity contribution is -0.121. The second-order valence-corrected chi connectivity index (χ2v) is 5.24. The summed E-state index contributed by atoms with van der Waals surface area (Å²) in [5, 5.41) is 3.95. The van der Waals surface area contributed by atoms with Gasteiger partial charge in [0, 0.05) is 5.56 Å². The third-order valence-corrected chi connectivity index (χ3v) is 3.51. The Morgan fingerprint density at radius 1 is 1.08 bits per heavy atom. The Kier molecular flexibility index (Phi) is 6.83. The lowest BCUT2D eigenvalue weighted by Crippen LogP contribution is -2.20. The van der Waals surface area contributed by atoms with Crippen LogP contribution in [0.3, 0.4) is 0 Å². The Labute approximate surface area is 147 Å². The largest absolute Gasteiger partial charge is 0.493 e. The number of hydrazone groups is 1. The number of carbonyl (C=O) groups is 1. The van der Waals surface area contributed by atoms with Gasteiger partial charge in [0.25, 0.3) is 0 Å². The van der Waals surface area contributed by atoms with Crippen molar-refractivity contribution in [3.8, 4) is 17.2 Å². The smallest absolute Gasteiger partial charge is 0.243 e. The van der Waals surface area contributed by atoms with E-state index in [1.54, 1.807) is 20.3 Å². The summed E-state index contributed by atoms with van der Waals surface area (Å²) in [6, 6.07) is 13.1. The molecule has 1 N–H and O–H groups in total. The van der Waals surface area contributed by atoms with Crippen LogP contribution in [0.25, 0.3) is 0 Å². The molecular weight excluding hydrogens is 320 g/mol. The van der Waals surface area contributed by atoms with Crippen molar-refractivity contribution >= 4 is 12.1 Å². The van der Waals surface area contributed by atoms with Crippen molar-refractivity contribution in [2.45, 2.75) is 13.3 Å². The van der Waals surface area contributed by atoms with Crippen molar-refractivity contribution in [2.75, 3.05) is 20.8 Å². The molecule has 0 unspecified atom stereocenters. The minimum atomic E-state index is -0.230. The number of nitrogens with one attached hydrogen (secondary N) is 1. The van der Waals surface area contributed by atoms with E-state index in [0.29, 0.717) is 17.1 Å². The maximum atomic E-state index is 11.8. The molecule has 0 atom stereocenters. The number of aryl methyl sites for hydroxylation is 1. The van der Waals surface area contributed by atoms with Crippen LogP contribution in [0.4, 0.5) is 0 Å². The molecule has 2 aromatic carbocycles. The summed E-state index contributed by atoms with van der Waals surface area (Å²) in [7, 11) is 3.12. The van der Waals surface area contributed by atoms with E-state index in [4.69, 9.17) is 14.2 Å². The highest BCUT2D eigenvalue weighted by atomic mass is 16.5. The van der Waals surface area contributed by atoms with E-state index in [1.165, 1.54) is 6.21 Å². The monoisotopic (exact) mass is 342 g/mol. The van der Waals surface area contributed by atoms with Crippen LogP contribution in [0, 0.1) is 6.92 Å². The molecule has 1 amide bonds. The molecule has 2 rings (SSSR count). The van der Waals surface area contributed by atoms with Gasteiger partial charge in [0.05, 0.1) is 33.5 Å². The van der Waals surface area contributed by atoms with Crippen LogP contribution in [-0.2, 0) is 4.79 Å². The normalized spacial score (nSPS) is 10.5. The number of benzene rings is 2. The summed E-state index contributed by atoms with van der Waals surface area (Å²) in [5.74, 6) is 1.71. The number of rotatable bonds is 8. The van der Waals surface area contributed by atoms with Gasteiger partial charge in [-0.25, -0.2) is 5.43 Å². The summed E-state index contributed by atoms with van der Waals surface area (Å²) in [5.41, 5.74) is 4.22. The highest BCUT2D eigenvalue weighted by Crippen LogP contribution is 2.29. The Balaban J connectivity index is 1.84. The van der Waals surface area contributed by atoms with Crippen LogP contribution in [0.5, 0.6) is 17.2 Å². The van der Waals surface area contributed by atoms with E-state index in [9.17, 15) is 4.79 Å². The summed E-state index contributed by atoms with van der Waals surface area (Å²) < 4.78 is 16.1. The molecule has 0 saturated carbocycles. The van der Waals surface area contributed by atoms with Gasteiger partial charge >= 0.3 is 0 Å². The SMILES string of the molecule is COc1cccc(/C=N/NC(=O)CCOc2ccccc2C)c1OC. The van der Waals surface area contributed by atoms with Crippen molar-refractivity contribution in [1.82, 2.24) is 5.43 Å². The zero-order valence-electron chi connectivity index (χ0n) is 14.6. The molecule has 132 valence electrons. The predicted molar refractivity (Wildman–Crippen MR) is 96.6 cm³/mol. The zero-order valence-corrected chi connectivity index (χ0v) is 14.6. The molecule has 25 heavy (non-hydrogen) atoms. The molecule has 0 saturated heterocycles. The quantitative estimate of drug-likeness (QED) is 0.591. The van der Waals surface area contributed by atoms with E-state index in [1.807, 2.05) is 43.3 Å². The molecule has 6 nitrogen and oxygen atoms in total. The lowest BCUT2D eigenvalue weighted by Gasteiger charge is -2.09. The number of methoxy groups -OCH3 is 2. The number of amides is 1. The van der Waals surface area contributed by atoms with Crippen LogP contribution < -0.4 is 19.6 Å². The summed E-state index contributed by atoms with van der Waals surface area (Å²) in [6.07, 6.45) is 1.72. The highest BCUT2D eigenvalue weighted by molar-refractivity contribution is 5.86. The van der Waals surface area contributed by atoms with E-state index >= 15 is 0 Å². The third-order valence-electron chi connectivity index (χ3n) is 3.51. The Morgan fingerprint density at radius 3 is 2.56 bits per heavy atom. The van der Waals surface area contributed by atoms with E-state index in [-0.39, 0.29) is 18.9 Å². The molecule has 0 heterocycles. The summed E-state index contributed by atoms with van der Waals surface area (Å²) in [6.45, 7) is 2.25. The van der Waals surface area contributed by atoms with Crippen LogP contribution in [0.15, 0.2) is 47.6 Å². The molecular formula is C19H22N2O4. The molecule has 0 aliphatic heterocycles. The fourth-order valence-electron chi connectivity index (χ4n) is 2.22. The van der Waals surface area contributed by atoms with Gasteiger partial charge in [-0.1, -0.05) is 24.3 Å². The maximum absolute atomic E-state index is 11.8. The first-order valence-corrected chi connectivity index (χ1v) is 7.87. The minimum absolute atomic E-state index is 0.209. The summed E-state index contributed by atoms with van der Waals surface area (Å²) in [4.78, 5) is 11.8. The fraction of sp³-hybridized carbons (Fsp3) is 0.263. The van der Waals surface area contributed by atoms with Crippen LogP contribution in [0.2, 0.25) is 0 Å². The minimum Gasteiger partial charge on any atom is -0.493 e. The number of carbonyl (C=O) groups excluding carboxylic acids is 1. The molecule has 2 aromatic rings. The van der Waals surface area contributed by atoms with Crippen LogP contribution in [-0.4, -0.2) is 32.9 Å². The average Bonchev–Trinajstić information content (AvgIpc) is 2.63. The number of ether oxygens (including phenoxy) is 3. The lowest BCUT2D eigenvalue weighted by atomic mass is 10.2. The van der Waals surface area contributed by atoms with Crippen molar-refractivity contribution in [3.05, 3.63) is 53.6 Å². The molecule has 0 spiro atoms. The van der Waals surface area contributed by atoms with Gasteiger partial charge in [0.1, 0.15) is 5.75 Å². The third kappa shape index (κ3) is 5.24. The molecule has 0 aromatic heterocycles. The van der Waals surface area contributed by atoms with Crippen molar-refractivity contribution < 1.29 is 19.0 Å². The second-order valence-electron chi connectivity index (χ2n) is 5.24. The van der Waals surface area contributed by atoms with Gasteiger partial charge in [-0.15, -0.1) is 0 Å². The predicted octanol–water partition coefficient (Wildman–Crippen LogP) is 2.93. The molecule has 0 bridgehead atoms. The average molecular weight is 342 g/mol. The Morgan fingerprint density at radius 2 is 1.84 bits per heavy atom. The molecule has 0 radical (unpaired) electrons. The Hall–Kier alpha value is -3.02. The second kappa shape index (κ2) is 9.32. The summed E-state index contributed by atoms with van der Waals surface area (Å²) >= 11 is 0. The molecule has 0 fully saturated rings.